The van der Waals surface area contributed by atoms with Gasteiger partial charge in [-0.05, 0) is 6.92 Å². The molecule has 0 amide bonds. The molecule has 0 fully saturated rings. The Balaban J connectivity index is 0. The van der Waals surface area contributed by atoms with E-state index in [4.69, 9.17) is 13.0 Å². The number of hydrogen-bond donors (Lipinski definition) is 1. The Hall–Kier alpha value is -0.260. The number of rotatable bonds is 0. The van der Waals surface area contributed by atoms with Gasteiger partial charge in [0.05, 0.1) is 5.33 Å². The molecule has 0 radical (unpaired) electrons. The molecule has 0 saturated heterocycles. The first-order valence-electron chi connectivity index (χ1n) is 2.66. The molecule has 1 N–H and O–H groups in total. The van der Waals surface area contributed by atoms with Crippen LogP contribution in [0.4, 0.5) is 13.2 Å². The fourth-order valence-corrected chi connectivity index (χ4v) is 0.347. The van der Waals surface area contributed by atoms with E-state index in [1.165, 1.54) is 0 Å². The average molecular weight is 283 g/mol. The molecule has 0 saturated carbocycles. The SMILES string of the molecule is CC#CCBr.O=S(=O)(O)C(F)(F)F. The zero-order valence-electron chi connectivity index (χ0n) is 6.39. The van der Waals surface area contributed by atoms with Gasteiger partial charge in [0, 0.05) is 0 Å². The predicted molar refractivity (Wildman–Crippen MR) is 44.8 cm³/mol. The largest absolute Gasteiger partial charge is 0.522 e. The van der Waals surface area contributed by atoms with Crippen molar-refractivity contribution in [2.75, 3.05) is 5.33 Å². The summed E-state index contributed by atoms with van der Waals surface area (Å²) in [4.78, 5) is 0. The Morgan fingerprint density at radius 1 is 1.46 bits per heavy atom. The van der Waals surface area contributed by atoms with Crippen LogP contribution < -0.4 is 0 Å². The van der Waals surface area contributed by atoms with Crippen LogP contribution in [0.5, 0.6) is 0 Å². The molecule has 0 aliphatic rings. The molecule has 0 bridgehead atoms. The minimum Gasteiger partial charge on any atom is -0.279 e. The van der Waals surface area contributed by atoms with E-state index in [0.717, 1.165) is 5.33 Å². The Labute approximate surface area is 82.2 Å². The van der Waals surface area contributed by atoms with E-state index in [2.05, 4.69) is 27.8 Å². The standard InChI is InChI=1S/C4H5Br.CHF3O3S/c1-2-3-4-5;2-1(3,4)8(5,6)7/h4H2,1H3;(H,5,6,7). The maximum Gasteiger partial charge on any atom is 0.522 e. The van der Waals surface area contributed by atoms with Gasteiger partial charge in [-0.2, -0.15) is 21.6 Å². The first-order valence-corrected chi connectivity index (χ1v) is 5.22. The molecule has 0 heterocycles. The smallest absolute Gasteiger partial charge is 0.279 e. The summed E-state index contributed by atoms with van der Waals surface area (Å²) in [6, 6.07) is 0. The number of alkyl halides is 4. The fourth-order valence-electron chi connectivity index (χ4n) is 0.0668. The zero-order valence-corrected chi connectivity index (χ0v) is 8.79. The maximum atomic E-state index is 10.7. The molecular formula is C5H6BrF3O3S. The van der Waals surface area contributed by atoms with Crippen LogP contribution in [0.25, 0.3) is 0 Å². The lowest BCUT2D eigenvalue weighted by Gasteiger charge is -1.97. The molecule has 0 unspecified atom stereocenters. The van der Waals surface area contributed by atoms with Crippen molar-refractivity contribution in [1.29, 1.82) is 0 Å². The highest BCUT2D eigenvalue weighted by Gasteiger charge is 2.44. The van der Waals surface area contributed by atoms with Crippen LogP contribution in [-0.2, 0) is 10.1 Å². The zero-order chi connectivity index (χ0) is 11.1. The van der Waals surface area contributed by atoms with E-state index in [1.54, 1.807) is 0 Å². The van der Waals surface area contributed by atoms with E-state index in [9.17, 15) is 13.2 Å². The summed E-state index contributed by atoms with van der Waals surface area (Å²) in [5.74, 6) is 5.50. The van der Waals surface area contributed by atoms with E-state index in [1.807, 2.05) is 6.92 Å². The Morgan fingerprint density at radius 2 is 1.77 bits per heavy atom. The summed E-state index contributed by atoms with van der Waals surface area (Å²) in [5, 5.41) is 0.795. The third kappa shape index (κ3) is 9.66. The van der Waals surface area contributed by atoms with Crippen LogP contribution in [0.2, 0.25) is 0 Å². The monoisotopic (exact) mass is 282 g/mol. The van der Waals surface area contributed by atoms with Crippen LogP contribution in [0.15, 0.2) is 0 Å². The third-order valence-electron chi connectivity index (χ3n) is 0.536. The quantitative estimate of drug-likeness (QED) is 0.319. The molecule has 0 aliphatic carbocycles. The van der Waals surface area contributed by atoms with Crippen LogP contribution >= 0.6 is 15.9 Å². The van der Waals surface area contributed by atoms with Crippen molar-refractivity contribution in [3.05, 3.63) is 0 Å². The molecule has 78 valence electrons. The van der Waals surface area contributed by atoms with Gasteiger partial charge >= 0.3 is 15.6 Å². The molecule has 0 aromatic rings. The summed E-state index contributed by atoms with van der Waals surface area (Å²) in [7, 11) is -5.84. The Kier molecular flexibility index (Phi) is 7.30. The van der Waals surface area contributed by atoms with Gasteiger partial charge in [-0.15, -0.1) is 5.92 Å². The van der Waals surface area contributed by atoms with Gasteiger partial charge in [-0.1, -0.05) is 21.9 Å². The van der Waals surface area contributed by atoms with E-state index < -0.39 is 15.6 Å². The minimum atomic E-state index is -5.84. The Morgan fingerprint density at radius 3 is 1.77 bits per heavy atom. The van der Waals surface area contributed by atoms with Crippen molar-refractivity contribution >= 4 is 26.0 Å². The van der Waals surface area contributed by atoms with Gasteiger partial charge in [0.2, 0.25) is 0 Å². The Bertz CT molecular complexity index is 284. The summed E-state index contributed by atoms with van der Waals surface area (Å²) in [6.07, 6.45) is 0. The van der Waals surface area contributed by atoms with Crippen molar-refractivity contribution in [3.8, 4) is 11.8 Å². The highest BCUT2D eigenvalue weighted by Crippen LogP contribution is 2.20. The van der Waals surface area contributed by atoms with Crippen molar-refractivity contribution in [1.82, 2.24) is 0 Å². The first kappa shape index (κ1) is 15.2. The molecule has 0 rings (SSSR count). The van der Waals surface area contributed by atoms with Gasteiger partial charge in [-0.25, -0.2) is 0 Å². The fraction of sp³-hybridized carbons (Fsp3) is 0.600. The lowest BCUT2D eigenvalue weighted by atomic mass is 10.7. The number of halogens is 4. The van der Waals surface area contributed by atoms with Crippen LogP contribution in [0.1, 0.15) is 6.92 Å². The molecular weight excluding hydrogens is 277 g/mol. The summed E-state index contributed by atoms with van der Waals surface area (Å²) in [6.45, 7) is 1.82. The summed E-state index contributed by atoms with van der Waals surface area (Å²) >= 11 is 3.14. The second-order valence-electron chi connectivity index (χ2n) is 1.48. The van der Waals surface area contributed by atoms with Crippen LogP contribution in [0.3, 0.4) is 0 Å². The second-order valence-corrected chi connectivity index (χ2v) is 3.45. The average Bonchev–Trinajstić information content (AvgIpc) is 1.85. The second kappa shape index (κ2) is 6.23. The van der Waals surface area contributed by atoms with Gasteiger partial charge < -0.3 is 0 Å². The van der Waals surface area contributed by atoms with Gasteiger partial charge in [0.25, 0.3) is 0 Å². The molecule has 8 heteroatoms. The molecule has 13 heavy (non-hydrogen) atoms. The van der Waals surface area contributed by atoms with E-state index in [-0.39, 0.29) is 0 Å². The van der Waals surface area contributed by atoms with Crippen LogP contribution in [0, 0.1) is 11.8 Å². The van der Waals surface area contributed by atoms with E-state index >= 15 is 0 Å². The predicted octanol–water partition coefficient (Wildman–Crippen LogP) is 1.80. The molecule has 0 spiro atoms. The topological polar surface area (TPSA) is 54.4 Å². The van der Waals surface area contributed by atoms with Crippen molar-refractivity contribution < 1.29 is 26.1 Å². The first-order chi connectivity index (χ1) is 5.66. The third-order valence-corrected chi connectivity index (χ3v) is 1.40. The van der Waals surface area contributed by atoms with Crippen LogP contribution in [-0.4, -0.2) is 23.8 Å². The maximum absolute atomic E-state index is 10.7. The van der Waals surface area contributed by atoms with Gasteiger partial charge in [0.1, 0.15) is 0 Å². The summed E-state index contributed by atoms with van der Waals surface area (Å²) in [5.41, 5.74) is -5.53. The van der Waals surface area contributed by atoms with Gasteiger partial charge in [0.15, 0.2) is 0 Å². The molecule has 0 aromatic heterocycles. The minimum absolute atomic E-state index is 0.795. The van der Waals surface area contributed by atoms with Crippen molar-refractivity contribution in [2.45, 2.75) is 12.4 Å². The molecule has 3 nitrogen and oxygen atoms in total. The van der Waals surface area contributed by atoms with Crippen molar-refractivity contribution in [2.24, 2.45) is 0 Å². The number of hydrogen-bond acceptors (Lipinski definition) is 2. The van der Waals surface area contributed by atoms with E-state index in [0.29, 0.717) is 0 Å². The normalized spacial score (nSPS) is 10.6. The van der Waals surface area contributed by atoms with Gasteiger partial charge in [-0.3, -0.25) is 4.55 Å². The lowest BCUT2D eigenvalue weighted by Crippen LogP contribution is -2.21. The summed E-state index contributed by atoms with van der Waals surface area (Å²) < 4.78 is 57.5. The van der Waals surface area contributed by atoms with Crippen molar-refractivity contribution in [3.63, 3.8) is 0 Å². The lowest BCUT2D eigenvalue weighted by molar-refractivity contribution is -0.0510. The highest BCUT2D eigenvalue weighted by molar-refractivity contribution is 9.09. The molecule has 0 atom stereocenters. The molecule has 0 aliphatic heterocycles. The highest BCUT2D eigenvalue weighted by atomic mass is 79.9. The molecule has 0 aromatic carbocycles.